The third-order valence-corrected chi connectivity index (χ3v) is 3.54. The van der Waals surface area contributed by atoms with Gasteiger partial charge >= 0.3 is 0 Å². The van der Waals surface area contributed by atoms with Crippen molar-refractivity contribution in [1.82, 2.24) is 0 Å². The van der Waals surface area contributed by atoms with E-state index in [1.165, 1.54) is 17.2 Å². The van der Waals surface area contributed by atoms with Gasteiger partial charge in [-0.2, -0.15) is 0 Å². The number of nitrogens with one attached hydrogen (secondary N) is 1. The van der Waals surface area contributed by atoms with E-state index in [9.17, 15) is 4.39 Å². The summed E-state index contributed by atoms with van der Waals surface area (Å²) in [6.07, 6.45) is 3.23. The molecule has 2 aromatic rings. The first-order valence-electron chi connectivity index (χ1n) is 6.40. The molecule has 0 aliphatic heterocycles. The van der Waals surface area contributed by atoms with Gasteiger partial charge in [0, 0.05) is 11.7 Å². The zero-order chi connectivity index (χ0) is 12.4. The highest BCUT2D eigenvalue weighted by Crippen LogP contribution is 2.23. The lowest BCUT2D eigenvalue weighted by atomic mass is 9.88. The summed E-state index contributed by atoms with van der Waals surface area (Å²) in [7, 11) is 0. The molecule has 0 saturated carbocycles. The van der Waals surface area contributed by atoms with Gasteiger partial charge in [-0.05, 0) is 48.6 Å². The van der Waals surface area contributed by atoms with E-state index in [2.05, 4.69) is 29.6 Å². The largest absolute Gasteiger partial charge is 0.382 e. The van der Waals surface area contributed by atoms with Crippen molar-refractivity contribution >= 4 is 5.69 Å². The van der Waals surface area contributed by atoms with Crippen LogP contribution in [0, 0.1) is 5.82 Å². The molecule has 2 heteroatoms. The normalized spacial score (nSPS) is 18.2. The van der Waals surface area contributed by atoms with Gasteiger partial charge in [-0.25, -0.2) is 4.39 Å². The first-order chi connectivity index (χ1) is 8.81. The van der Waals surface area contributed by atoms with Gasteiger partial charge in [-0.1, -0.05) is 30.3 Å². The fourth-order valence-electron chi connectivity index (χ4n) is 2.63. The Morgan fingerprint density at radius 2 is 1.83 bits per heavy atom. The predicted molar refractivity (Wildman–Crippen MR) is 72.3 cm³/mol. The van der Waals surface area contributed by atoms with E-state index < -0.39 is 0 Å². The SMILES string of the molecule is Fc1cccc(NC2CCc3ccccc3C2)c1. The molecule has 0 saturated heterocycles. The minimum atomic E-state index is -0.184. The second-order valence-corrected chi connectivity index (χ2v) is 4.86. The average molecular weight is 241 g/mol. The summed E-state index contributed by atoms with van der Waals surface area (Å²) in [4.78, 5) is 0. The molecule has 1 nitrogen and oxygen atoms in total. The lowest BCUT2D eigenvalue weighted by Crippen LogP contribution is -2.27. The van der Waals surface area contributed by atoms with Crippen molar-refractivity contribution in [3.8, 4) is 0 Å². The van der Waals surface area contributed by atoms with Crippen LogP contribution in [0.25, 0.3) is 0 Å². The predicted octanol–water partition coefficient (Wildman–Crippen LogP) is 3.80. The van der Waals surface area contributed by atoms with Gasteiger partial charge in [0.05, 0.1) is 0 Å². The van der Waals surface area contributed by atoms with E-state index in [4.69, 9.17) is 0 Å². The van der Waals surface area contributed by atoms with E-state index in [1.54, 1.807) is 12.1 Å². The maximum atomic E-state index is 13.1. The molecule has 1 N–H and O–H groups in total. The number of aryl methyl sites for hydroxylation is 1. The van der Waals surface area contributed by atoms with Crippen molar-refractivity contribution in [2.24, 2.45) is 0 Å². The molecule has 1 unspecified atom stereocenters. The van der Waals surface area contributed by atoms with E-state index in [1.807, 2.05) is 6.07 Å². The number of rotatable bonds is 2. The lowest BCUT2D eigenvalue weighted by molar-refractivity contribution is 0.606. The summed E-state index contributed by atoms with van der Waals surface area (Å²) in [6, 6.07) is 15.7. The van der Waals surface area contributed by atoms with Crippen molar-refractivity contribution in [3.05, 3.63) is 65.5 Å². The highest BCUT2D eigenvalue weighted by molar-refractivity contribution is 5.45. The second-order valence-electron chi connectivity index (χ2n) is 4.86. The molecule has 0 heterocycles. The summed E-state index contributed by atoms with van der Waals surface area (Å²) < 4.78 is 13.1. The van der Waals surface area contributed by atoms with Gasteiger partial charge in [0.2, 0.25) is 0 Å². The molecular formula is C16H16FN. The fraction of sp³-hybridized carbons (Fsp3) is 0.250. The number of benzene rings is 2. The van der Waals surface area contributed by atoms with Crippen LogP contribution >= 0.6 is 0 Å². The maximum Gasteiger partial charge on any atom is 0.125 e. The van der Waals surface area contributed by atoms with Gasteiger partial charge in [-0.15, -0.1) is 0 Å². The van der Waals surface area contributed by atoms with E-state index >= 15 is 0 Å². The Morgan fingerprint density at radius 1 is 1.00 bits per heavy atom. The number of fused-ring (bicyclic) bond motifs is 1. The van der Waals surface area contributed by atoms with Crippen LogP contribution in [-0.2, 0) is 12.8 Å². The number of anilines is 1. The minimum absolute atomic E-state index is 0.184. The number of hydrogen-bond acceptors (Lipinski definition) is 1. The molecule has 0 radical (unpaired) electrons. The molecular weight excluding hydrogens is 225 g/mol. The fourth-order valence-corrected chi connectivity index (χ4v) is 2.63. The van der Waals surface area contributed by atoms with Crippen molar-refractivity contribution < 1.29 is 4.39 Å². The summed E-state index contributed by atoms with van der Waals surface area (Å²) in [5.74, 6) is -0.184. The average Bonchev–Trinajstić information content (AvgIpc) is 2.39. The number of hydrogen-bond donors (Lipinski definition) is 1. The third-order valence-electron chi connectivity index (χ3n) is 3.54. The molecule has 3 rings (SSSR count). The molecule has 2 aromatic carbocycles. The van der Waals surface area contributed by atoms with Gasteiger partial charge in [0.1, 0.15) is 5.82 Å². The molecule has 92 valence electrons. The van der Waals surface area contributed by atoms with Crippen LogP contribution in [0.5, 0.6) is 0 Å². The Bertz CT molecular complexity index is 550. The first kappa shape index (κ1) is 11.3. The van der Waals surface area contributed by atoms with Crippen LogP contribution in [0.1, 0.15) is 17.5 Å². The molecule has 0 amide bonds. The Kier molecular flexibility index (Phi) is 3.01. The summed E-state index contributed by atoms with van der Waals surface area (Å²) in [5, 5.41) is 3.42. The highest BCUT2D eigenvalue weighted by atomic mass is 19.1. The topological polar surface area (TPSA) is 12.0 Å². The highest BCUT2D eigenvalue weighted by Gasteiger charge is 2.17. The maximum absolute atomic E-state index is 13.1. The van der Waals surface area contributed by atoms with Crippen LogP contribution in [0.2, 0.25) is 0 Å². The van der Waals surface area contributed by atoms with Crippen molar-refractivity contribution in [2.75, 3.05) is 5.32 Å². The van der Waals surface area contributed by atoms with Crippen molar-refractivity contribution in [3.63, 3.8) is 0 Å². The molecule has 0 spiro atoms. The van der Waals surface area contributed by atoms with E-state index in [0.717, 1.165) is 24.9 Å². The van der Waals surface area contributed by atoms with Crippen LogP contribution < -0.4 is 5.32 Å². The quantitative estimate of drug-likeness (QED) is 0.843. The standard InChI is InChI=1S/C16H16FN/c17-14-6-3-7-15(11-14)18-16-9-8-12-4-1-2-5-13(12)10-16/h1-7,11,16,18H,8-10H2. The smallest absolute Gasteiger partial charge is 0.125 e. The van der Waals surface area contributed by atoms with Crippen molar-refractivity contribution in [2.45, 2.75) is 25.3 Å². The molecule has 1 atom stereocenters. The monoisotopic (exact) mass is 241 g/mol. The number of halogens is 1. The summed E-state index contributed by atoms with van der Waals surface area (Å²) >= 11 is 0. The zero-order valence-electron chi connectivity index (χ0n) is 10.2. The lowest BCUT2D eigenvalue weighted by Gasteiger charge is -2.26. The minimum Gasteiger partial charge on any atom is -0.382 e. The third kappa shape index (κ3) is 2.37. The first-order valence-corrected chi connectivity index (χ1v) is 6.40. The second kappa shape index (κ2) is 4.81. The van der Waals surface area contributed by atoms with Crippen LogP contribution in [0.3, 0.4) is 0 Å². The van der Waals surface area contributed by atoms with Crippen LogP contribution in [0.15, 0.2) is 48.5 Å². The van der Waals surface area contributed by atoms with Gasteiger partial charge in [-0.3, -0.25) is 0 Å². The molecule has 0 aromatic heterocycles. The Hall–Kier alpha value is -1.83. The van der Waals surface area contributed by atoms with E-state index in [-0.39, 0.29) is 5.82 Å². The molecule has 1 aliphatic carbocycles. The Labute approximate surface area is 107 Å². The molecule has 0 bridgehead atoms. The molecule has 1 aliphatic rings. The molecule has 18 heavy (non-hydrogen) atoms. The van der Waals surface area contributed by atoms with Crippen LogP contribution in [-0.4, -0.2) is 6.04 Å². The zero-order valence-corrected chi connectivity index (χ0v) is 10.2. The van der Waals surface area contributed by atoms with Gasteiger partial charge < -0.3 is 5.32 Å². The van der Waals surface area contributed by atoms with Gasteiger partial charge in [0.15, 0.2) is 0 Å². The Balaban J connectivity index is 1.73. The summed E-state index contributed by atoms with van der Waals surface area (Å²) in [5.41, 5.74) is 3.74. The van der Waals surface area contributed by atoms with Crippen molar-refractivity contribution in [1.29, 1.82) is 0 Å². The van der Waals surface area contributed by atoms with Crippen LogP contribution in [0.4, 0.5) is 10.1 Å². The summed E-state index contributed by atoms with van der Waals surface area (Å²) in [6.45, 7) is 0. The van der Waals surface area contributed by atoms with Gasteiger partial charge in [0.25, 0.3) is 0 Å². The Morgan fingerprint density at radius 3 is 2.67 bits per heavy atom. The molecule has 0 fully saturated rings. The van der Waals surface area contributed by atoms with E-state index in [0.29, 0.717) is 6.04 Å².